The van der Waals surface area contributed by atoms with E-state index in [-0.39, 0.29) is 11.4 Å². The van der Waals surface area contributed by atoms with Gasteiger partial charge in [-0.25, -0.2) is 4.39 Å². The fourth-order valence-corrected chi connectivity index (χ4v) is 1.67. The molecule has 1 aliphatic rings. The van der Waals surface area contributed by atoms with Gasteiger partial charge in [0.25, 0.3) is 0 Å². The van der Waals surface area contributed by atoms with Crippen molar-refractivity contribution < 1.29 is 4.39 Å². The molecule has 1 fully saturated rings. The molecule has 76 valence electrons. The Balaban J connectivity index is 2.02. The van der Waals surface area contributed by atoms with Crippen LogP contribution in [0.15, 0.2) is 22.7 Å². The maximum Gasteiger partial charge on any atom is 0.128 e. The molecule has 0 atom stereocenters. The smallest absolute Gasteiger partial charge is 0.128 e. The Labute approximate surface area is 91.8 Å². The summed E-state index contributed by atoms with van der Waals surface area (Å²) in [5, 5.41) is 3.35. The number of hydrogen-bond donors (Lipinski definition) is 1. The zero-order chi connectivity index (χ0) is 10.2. The third-order valence-corrected chi connectivity index (χ3v) is 3.21. The Bertz CT molecular complexity index is 347. The summed E-state index contributed by atoms with van der Waals surface area (Å²) in [4.78, 5) is 0. The van der Waals surface area contributed by atoms with Crippen LogP contribution in [0.4, 0.5) is 4.39 Å². The van der Waals surface area contributed by atoms with Gasteiger partial charge in [0.05, 0.1) is 0 Å². The number of benzene rings is 1. The van der Waals surface area contributed by atoms with Crippen molar-refractivity contribution in [2.45, 2.75) is 31.8 Å². The molecule has 0 saturated heterocycles. The van der Waals surface area contributed by atoms with Crippen molar-refractivity contribution in [1.82, 2.24) is 5.32 Å². The van der Waals surface area contributed by atoms with Gasteiger partial charge in [0.1, 0.15) is 5.82 Å². The summed E-state index contributed by atoms with van der Waals surface area (Å²) in [7, 11) is 0. The first kappa shape index (κ1) is 10.1. The molecule has 0 heterocycles. The van der Waals surface area contributed by atoms with Crippen LogP contribution in [-0.2, 0) is 6.54 Å². The van der Waals surface area contributed by atoms with E-state index in [0.717, 1.165) is 10.0 Å². The first-order valence-electron chi connectivity index (χ1n) is 4.78. The second kappa shape index (κ2) is 3.63. The molecule has 0 amide bonds. The molecular weight excluding hydrogens is 245 g/mol. The highest BCUT2D eigenvalue weighted by Crippen LogP contribution is 2.34. The quantitative estimate of drug-likeness (QED) is 0.877. The van der Waals surface area contributed by atoms with E-state index in [1.807, 2.05) is 12.1 Å². The highest BCUT2D eigenvalue weighted by molar-refractivity contribution is 9.10. The predicted molar refractivity (Wildman–Crippen MR) is 58.6 cm³/mol. The van der Waals surface area contributed by atoms with Gasteiger partial charge in [-0.1, -0.05) is 22.0 Å². The van der Waals surface area contributed by atoms with Crippen LogP contribution in [-0.4, -0.2) is 5.54 Å². The van der Waals surface area contributed by atoms with Gasteiger partial charge in [-0.2, -0.15) is 0 Å². The lowest BCUT2D eigenvalue weighted by molar-refractivity contribution is 0.518. The summed E-state index contributed by atoms with van der Waals surface area (Å²) < 4.78 is 14.2. The topological polar surface area (TPSA) is 12.0 Å². The van der Waals surface area contributed by atoms with E-state index in [9.17, 15) is 4.39 Å². The molecular formula is C11H13BrFN. The van der Waals surface area contributed by atoms with Crippen molar-refractivity contribution in [1.29, 1.82) is 0 Å². The molecule has 0 aromatic heterocycles. The lowest BCUT2D eigenvalue weighted by Crippen LogP contribution is -2.27. The van der Waals surface area contributed by atoms with Crippen molar-refractivity contribution >= 4 is 15.9 Å². The molecule has 1 aliphatic carbocycles. The fourth-order valence-electron chi connectivity index (χ4n) is 1.34. The highest BCUT2D eigenvalue weighted by Gasteiger charge is 2.36. The fraction of sp³-hybridized carbons (Fsp3) is 0.455. The summed E-state index contributed by atoms with van der Waals surface area (Å²) in [6, 6.07) is 5.19. The molecule has 1 N–H and O–H groups in total. The minimum atomic E-state index is -0.142. The maximum absolute atomic E-state index is 13.4. The SMILES string of the molecule is CC1(NCc2ccc(Br)cc2F)CC1. The Hall–Kier alpha value is -0.410. The van der Waals surface area contributed by atoms with Crippen molar-refractivity contribution in [3.8, 4) is 0 Å². The Morgan fingerprint density at radius 3 is 2.79 bits per heavy atom. The van der Waals surface area contributed by atoms with Crippen molar-refractivity contribution in [3.05, 3.63) is 34.1 Å². The van der Waals surface area contributed by atoms with Crippen LogP contribution in [0.5, 0.6) is 0 Å². The van der Waals surface area contributed by atoms with Crippen LogP contribution in [0.2, 0.25) is 0 Å². The van der Waals surface area contributed by atoms with Crippen LogP contribution < -0.4 is 5.32 Å². The van der Waals surface area contributed by atoms with E-state index in [1.54, 1.807) is 0 Å². The van der Waals surface area contributed by atoms with Gasteiger partial charge in [0.2, 0.25) is 0 Å². The molecule has 1 saturated carbocycles. The second-order valence-corrected chi connectivity index (χ2v) is 5.07. The van der Waals surface area contributed by atoms with Gasteiger partial charge in [0, 0.05) is 22.1 Å². The van der Waals surface area contributed by atoms with E-state index in [0.29, 0.717) is 6.54 Å². The molecule has 0 spiro atoms. The average molecular weight is 258 g/mol. The van der Waals surface area contributed by atoms with Crippen molar-refractivity contribution in [2.24, 2.45) is 0 Å². The van der Waals surface area contributed by atoms with Crippen LogP contribution in [0, 0.1) is 5.82 Å². The summed E-state index contributed by atoms with van der Waals surface area (Å²) in [5.74, 6) is -0.142. The largest absolute Gasteiger partial charge is 0.307 e. The Morgan fingerprint density at radius 2 is 2.21 bits per heavy atom. The standard InChI is InChI=1S/C11H13BrFN/c1-11(4-5-11)14-7-8-2-3-9(12)6-10(8)13/h2-3,6,14H,4-5,7H2,1H3. The van der Waals surface area contributed by atoms with Gasteiger partial charge in [-0.3, -0.25) is 0 Å². The normalized spacial score (nSPS) is 18.2. The van der Waals surface area contributed by atoms with Crippen LogP contribution >= 0.6 is 15.9 Å². The molecule has 0 unspecified atom stereocenters. The number of nitrogens with one attached hydrogen (secondary N) is 1. The van der Waals surface area contributed by atoms with Gasteiger partial charge in [-0.05, 0) is 31.9 Å². The molecule has 2 rings (SSSR count). The molecule has 1 nitrogen and oxygen atoms in total. The maximum atomic E-state index is 13.4. The van der Waals surface area contributed by atoms with Gasteiger partial charge in [0.15, 0.2) is 0 Å². The molecule has 0 radical (unpaired) electrons. The molecule has 14 heavy (non-hydrogen) atoms. The monoisotopic (exact) mass is 257 g/mol. The lowest BCUT2D eigenvalue weighted by Gasteiger charge is -2.11. The van der Waals surface area contributed by atoms with Gasteiger partial charge >= 0.3 is 0 Å². The average Bonchev–Trinajstić information content (AvgIpc) is 2.83. The van der Waals surface area contributed by atoms with E-state index >= 15 is 0 Å². The van der Waals surface area contributed by atoms with Gasteiger partial charge < -0.3 is 5.32 Å². The summed E-state index contributed by atoms with van der Waals surface area (Å²) in [5.41, 5.74) is 1.00. The molecule has 3 heteroatoms. The molecule has 1 aromatic rings. The van der Waals surface area contributed by atoms with E-state index < -0.39 is 0 Å². The zero-order valence-electron chi connectivity index (χ0n) is 8.11. The van der Waals surface area contributed by atoms with Crippen LogP contribution in [0.1, 0.15) is 25.3 Å². The van der Waals surface area contributed by atoms with Gasteiger partial charge in [-0.15, -0.1) is 0 Å². The third-order valence-electron chi connectivity index (χ3n) is 2.72. The van der Waals surface area contributed by atoms with Crippen LogP contribution in [0.3, 0.4) is 0 Å². The minimum absolute atomic E-state index is 0.142. The molecule has 0 bridgehead atoms. The minimum Gasteiger partial charge on any atom is -0.307 e. The number of hydrogen-bond acceptors (Lipinski definition) is 1. The van der Waals surface area contributed by atoms with E-state index in [4.69, 9.17) is 0 Å². The second-order valence-electron chi connectivity index (χ2n) is 4.15. The Morgan fingerprint density at radius 1 is 1.50 bits per heavy atom. The summed E-state index contributed by atoms with van der Waals surface area (Å²) in [6.45, 7) is 2.79. The highest BCUT2D eigenvalue weighted by atomic mass is 79.9. The molecule has 1 aromatic carbocycles. The first-order chi connectivity index (χ1) is 6.59. The Kier molecular flexibility index (Phi) is 2.62. The lowest BCUT2D eigenvalue weighted by atomic mass is 10.2. The summed E-state index contributed by atoms with van der Waals surface area (Å²) in [6.07, 6.45) is 2.40. The third kappa shape index (κ3) is 2.34. The molecule has 0 aliphatic heterocycles. The zero-order valence-corrected chi connectivity index (χ0v) is 9.70. The number of rotatable bonds is 3. The van der Waals surface area contributed by atoms with E-state index in [1.165, 1.54) is 18.9 Å². The van der Waals surface area contributed by atoms with Crippen molar-refractivity contribution in [2.75, 3.05) is 0 Å². The first-order valence-corrected chi connectivity index (χ1v) is 5.57. The number of halogens is 2. The predicted octanol–water partition coefficient (Wildman–Crippen LogP) is 3.23. The summed E-state index contributed by atoms with van der Waals surface area (Å²) >= 11 is 3.24. The van der Waals surface area contributed by atoms with Crippen LogP contribution in [0.25, 0.3) is 0 Å². The van der Waals surface area contributed by atoms with Crippen molar-refractivity contribution in [3.63, 3.8) is 0 Å². The van der Waals surface area contributed by atoms with E-state index in [2.05, 4.69) is 28.2 Å².